The zero-order chi connectivity index (χ0) is 22.7. The van der Waals surface area contributed by atoms with Gasteiger partial charge >= 0.3 is 0 Å². The molecule has 0 radical (unpaired) electrons. The Morgan fingerprint density at radius 1 is 1.06 bits per heavy atom. The molecule has 1 N–H and O–H groups in total. The van der Waals surface area contributed by atoms with Gasteiger partial charge in [0.05, 0.1) is 10.4 Å². The number of rotatable bonds is 7. The van der Waals surface area contributed by atoms with Crippen LogP contribution in [0.4, 0.5) is 5.95 Å². The summed E-state index contributed by atoms with van der Waals surface area (Å²) in [5, 5.41) is 11.0. The summed E-state index contributed by atoms with van der Waals surface area (Å²) < 4.78 is 29.0. The standard InChI is InChI=1S/C21H27N7O3S/c1-15-13-16(2)23-21(22-15)24-20(29)7-6-12-28-19-9-8-17(14-18(19)25-26-28)32(30,31)27-10-4-3-5-11-27/h8-9,13-14H,3-7,10-12H2,1-2H3,(H,22,23,24,29). The van der Waals surface area contributed by atoms with Gasteiger partial charge in [-0.05, 0) is 57.4 Å². The average Bonchev–Trinajstić information content (AvgIpc) is 3.16. The van der Waals surface area contributed by atoms with Crippen LogP contribution in [0, 0.1) is 13.8 Å². The maximum absolute atomic E-state index is 12.9. The van der Waals surface area contributed by atoms with Crippen molar-refractivity contribution in [2.24, 2.45) is 0 Å². The van der Waals surface area contributed by atoms with E-state index in [4.69, 9.17) is 0 Å². The highest BCUT2D eigenvalue weighted by molar-refractivity contribution is 7.89. The smallest absolute Gasteiger partial charge is 0.243 e. The van der Waals surface area contributed by atoms with E-state index in [9.17, 15) is 13.2 Å². The Morgan fingerprint density at radius 3 is 2.50 bits per heavy atom. The number of aromatic nitrogens is 5. The Morgan fingerprint density at radius 2 is 1.78 bits per heavy atom. The number of carbonyl (C=O) groups is 1. The van der Waals surface area contributed by atoms with E-state index in [1.807, 2.05) is 19.9 Å². The minimum atomic E-state index is -3.52. The number of anilines is 1. The van der Waals surface area contributed by atoms with Gasteiger partial charge in [0.25, 0.3) is 0 Å². The van der Waals surface area contributed by atoms with Crippen molar-refractivity contribution in [2.75, 3.05) is 18.4 Å². The first-order valence-corrected chi connectivity index (χ1v) is 12.2. The van der Waals surface area contributed by atoms with Crippen molar-refractivity contribution in [2.45, 2.75) is 57.4 Å². The van der Waals surface area contributed by atoms with Crippen molar-refractivity contribution in [1.82, 2.24) is 29.3 Å². The first-order valence-electron chi connectivity index (χ1n) is 10.8. The summed E-state index contributed by atoms with van der Waals surface area (Å²) in [5.74, 6) is 0.135. The number of amides is 1. The average molecular weight is 458 g/mol. The van der Waals surface area contributed by atoms with Crippen LogP contribution >= 0.6 is 0 Å². The second-order valence-corrected chi connectivity index (χ2v) is 9.99. The van der Waals surface area contributed by atoms with Crippen LogP contribution in [-0.4, -0.2) is 56.7 Å². The lowest BCUT2D eigenvalue weighted by Gasteiger charge is -2.25. The number of nitrogens with zero attached hydrogens (tertiary/aromatic N) is 6. The van der Waals surface area contributed by atoms with Crippen LogP contribution in [-0.2, 0) is 21.4 Å². The molecule has 32 heavy (non-hydrogen) atoms. The van der Waals surface area contributed by atoms with E-state index >= 15 is 0 Å². The van der Waals surface area contributed by atoms with Crippen molar-refractivity contribution in [1.29, 1.82) is 0 Å². The lowest BCUT2D eigenvalue weighted by molar-refractivity contribution is -0.116. The van der Waals surface area contributed by atoms with Gasteiger partial charge in [-0.2, -0.15) is 4.31 Å². The van der Waals surface area contributed by atoms with Crippen LogP contribution in [0.2, 0.25) is 0 Å². The van der Waals surface area contributed by atoms with Crippen molar-refractivity contribution < 1.29 is 13.2 Å². The van der Waals surface area contributed by atoms with E-state index < -0.39 is 10.0 Å². The van der Waals surface area contributed by atoms with Gasteiger partial charge in [0.1, 0.15) is 5.52 Å². The number of carbonyl (C=O) groups excluding carboxylic acids is 1. The third-order valence-corrected chi connectivity index (χ3v) is 7.34. The molecule has 1 amide bonds. The summed E-state index contributed by atoms with van der Waals surface area (Å²) in [7, 11) is -3.52. The fourth-order valence-corrected chi connectivity index (χ4v) is 5.43. The van der Waals surface area contributed by atoms with E-state index in [1.165, 1.54) is 0 Å². The van der Waals surface area contributed by atoms with Crippen molar-refractivity contribution >= 4 is 32.9 Å². The third-order valence-electron chi connectivity index (χ3n) is 5.45. The summed E-state index contributed by atoms with van der Waals surface area (Å²) in [4.78, 5) is 20.9. The number of hydrogen-bond acceptors (Lipinski definition) is 7. The van der Waals surface area contributed by atoms with Crippen LogP contribution in [0.5, 0.6) is 0 Å². The highest BCUT2D eigenvalue weighted by Crippen LogP contribution is 2.23. The monoisotopic (exact) mass is 457 g/mol. The second kappa shape index (κ2) is 9.29. The zero-order valence-electron chi connectivity index (χ0n) is 18.3. The molecule has 0 unspecified atom stereocenters. The van der Waals surface area contributed by atoms with Crippen molar-refractivity contribution in [3.8, 4) is 0 Å². The first kappa shape index (κ1) is 22.3. The fraction of sp³-hybridized carbons (Fsp3) is 0.476. The number of sulfonamides is 1. The minimum absolute atomic E-state index is 0.172. The molecule has 0 aliphatic carbocycles. The highest BCUT2D eigenvalue weighted by atomic mass is 32.2. The summed E-state index contributed by atoms with van der Waals surface area (Å²) in [5.41, 5.74) is 2.85. The number of piperidine rings is 1. The van der Waals surface area contributed by atoms with E-state index in [2.05, 4.69) is 25.6 Å². The van der Waals surface area contributed by atoms with Crippen molar-refractivity contribution in [3.63, 3.8) is 0 Å². The second-order valence-electron chi connectivity index (χ2n) is 8.05. The number of aryl methyl sites for hydroxylation is 3. The Balaban J connectivity index is 1.38. The molecule has 1 saturated heterocycles. The molecule has 4 rings (SSSR count). The van der Waals surface area contributed by atoms with Crippen molar-refractivity contribution in [3.05, 3.63) is 35.7 Å². The normalized spacial score (nSPS) is 15.2. The molecule has 1 aliphatic heterocycles. The molecule has 3 heterocycles. The lowest BCUT2D eigenvalue weighted by Crippen LogP contribution is -2.35. The quantitative estimate of drug-likeness (QED) is 0.578. The molecule has 0 saturated carbocycles. The van der Waals surface area contributed by atoms with Gasteiger partial charge in [0.15, 0.2) is 0 Å². The molecule has 170 valence electrons. The van der Waals surface area contributed by atoms with Gasteiger partial charge in [0, 0.05) is 37.4 Å². The highest BCUT2D eigenvalue weighted by Gasteiger charge is 2.26. The molecule has 0 bridgehead atoms. The Bertz CT molecular complexity index is 1210. The summed E-state index contributed by atoms with van der Waals surface area (Å²) in [6.07, 6.45) is 3.67. The van der Waals surface area contributed by atoms with Gasteiger partial charge in [-0.15, -0.1) is 5.10 Å². The van der Waals surface area contributed by atoms with Gasteiger partial charge in [-0.3, -0.25) is 10.1 Å². The summed E-state index contributed by atoms with van der Waals surface area (Å²) >= 11 is 0. The molecule has 0 spiro atoms. The van der Waals surface area contributed by atoms with Gasteiger partial charge < -0.3 is 0 Å². The van der Waals surface area contributed by atoms with Crippen LogP contribution in [0.3, 0.4) is 0 Å². The summed E-state index contributed by atoms with van der Waals surface area (Å²) in [6.45, 7) is 5.30. The van der Waals surface area contributed by atoms with Crippen LogP contribution < -0.4 is 5.32 Å². The SMILES string of the molecule is Cc1cc(C)nc(NC(=O)CCCn2nnc3cc(S(=O)(=O)N4CCCCC4)ccc32)n1. The molecule has 3 aromatic rings. The molecule has 1 aliphatic rings. The maximum atomic E-state index is 12.9. The van der Waals surface area contributed by atoms with E-state index in [0.717, 1.165) is 36.2 Å². The number of fused-ring (bicyclic) bond motifs is 1. The minimum Gasteiger partial charge on any atom is -0.295 e. The van der Waals surface area contributed by atoms with E-state index in [-0.39, 0.29) is 17.2 Å². The molecule has 11 heteroatoms. The predicted molar refractivity (Wildman–Crippen MR) is 120 cm³/mol. The first-order chi connectivity index (χ1) is 15.3. The lowest BCUT2D eigenvalue weighted by atomic mass is 10.2. The molecule has 10 nitrogen and oxygen atoms in total. The number of hydrogen-bond donors (Lipinski definition) is 1. The van der Waals surface area contributed by atoms with E-state index in [0.29, 0.717) is 37.5 Å². The zero-order valence-corrected chi connectivity index (χ0v) is 19.1. The topological polar surface area (TPSA) is 123 Å². The molecule has 2 aromatic heterocycles. The molecule has 0 atom stereocenters. The Hall–Kier alpha value is -2.92. The Labute approximate surface area is 187 Å². The molecular weight excluding hydrogens is 430 g/mol. The van der Waals surface area contributed by atoms with Crippen LogP contribution in [0.1, 0.15) is 43.5 Å². The molecule has 1 fully saturated rings. The Kier molecular flexibility index (Phi) is 6.47. The van der Waals surface area contributed by atoms with Gasteiger partial charge in [0.2, 0.25) is 21.9 Å². The predicted octanol–water partition coefficient (Wildman–Crippen LogP) is 2.43. The molecule has 1 aromatic carbocycles. The summed E-state index contributed by atoms with van der Waals surface area (Å²) in [6, 6.07) is 6.76. The molecular formula is C21H27N7O3S. The van der Waals surface area contributed by atoms with Gasteiger partial charge in [-0.25, -0.2) is 23.1 Å². The largest absolute Gasteiger partial charge is 0.295 e. The van der Waals surface area contributed by atoms with Crippen LogP contribution in [0.15, 0.2) is 29.2 Å². The maximum Gasteiger partial charge on any atom is 0.243 e. The number of nitrogens with one attached hydrogen (secondary N) is 1. The fourth-order valence-electron chi connectivity index (χ4n) is 3.89. The van der Waals surface area contributed by atoms with Crippen LogP contribution in [0.25, 0.3) is 11.0 Å². The number of benzene rings is 1. The van der Waals surface area contributed by atoms with E-state index in [1.54, 1.807) is 27.2 Å². The van der Waals surface area contributed by atoms with Gasteiger partial charge in [-0.1, -0.05) is 11.6 Å². The third kappa shape index (κ3) is 4.94.